The molecule has 4 rings (SSSR count). The fraction of sp³-hybridized carbons (Fsp3) is 0.0909. The molecule has 2 aromatic heterocycles. The predicted octanol–water partition coefficient (Wildman–Crippen LogP) is 6.82. The number of rotatable bonds is 5. The number of aromatic amines is 1. The molecule has 1 N–H and O–H groups in total. The Kier molecular flexibility index (Phi) is 5.94. The van der Waals surface area contributed by atoms with Crippen molar-refractivity contribution in [2.75, 3.05) is 0 Å². The summed E-state index contributed by atoms with van der Waals surface area (Å²) in [6, 6.07) is 14.0. The van der Waals surface area contributed by atoms with E-state index in [1.165, 1.54) is 12.1 Å². The van der Waals surface area contributed by atoms with Crippen LogP contribution in [0.3, 0.4) is 0 Å². The average molecular weight is 442 g/mol. The third-order valence-electron chi connectivity index (χ3n) is 4.48. The highest BCUT2D eigenvalue weighted by Crippen LogP contribution is 2.35. The van der Waals surface area contributed by atoms with E-state index in [4.69, 9.17) is 16.6 Å². The second-order valence-electron chi connectivity index (χ2n) is 6.53. The van der Waals surface area contributed by atoms with Crippen LogP contribution in [0.2, 0.25) is 5.02 Å². The maximum atomic E-state index is 13.4. The molecule has 3 nitrogen and oxygen atoms in total. The fourth-order valence-electron chi connectivity index (χ4n) is 3.03. The predicted molar refractivity (Wildman–Crippen MR) is 120 cm³/mol. The van der Waals surface area contributed by atoms with Gasteiger partial charge in [-0.1, -0.05) is 23.4 Å². The van der Waals surface area contributed by atoms with Crippen LogP contribution < -0.4 is 0 Å². The van der Waals surface area contributed by atoms with E-state index in [0.29, 0.717) is 10.8 Å². The summed E-state index contributed by atoms with van der Waals surface area (Å²) >= 11 is 12.4. The van der Waals surface area contributed by atoms with Crippen LogP contribution >= 0.6 is 36.0 Å². The smallest absolute Gasteiger partial charge is 0.166 e. The lowest BCUT2D eigenvalue weighted by Gasteiger charge is -2.07. The highest BCUT2D eigenvalue weighted by atomic mass is 35.5. The maximum Gasteiger partial charge on any atom is 0.166 e. The first kappa shape index (κ1) is 20.0. The molecule has 29 heavy (non-hydrogen) atoms. The number of benzene rings is 2. The van der Waals surface area contributed by atoms with E-state index in [1.54, 1.807) is 36.3 Å². The van der Waals surface area contributed by atoms with Crippen LogP contribution in [0, 0.1) is 12.7 Å². The first-order chi connectivity index (χ1) is 14.0. The zero-order valence-corrected chi connectivity index (χ0v) is 18.0. The second-order valence-corrected chi connectivity index (χ2v) is 8.38. The number of hydrogen-bond donors (Lipinski definition) is 2. The standard InChI is InChI=1S/C22H17ClFN3S2/c1-13-10-17(23)11-16(21(13)28)12-29-22-26-19(14-2-4-18(24)5-3-14)20(27-22)15-6-8-25-9-7-15/h2-11,28H,12H2,1H3,(H,26,27). The summed E-state index contributed by atoms with van der Waals surface area (Å²) < 4.78 is 13.4. The molecule has 0 atom stereocenters. The number of thioether (sulfide) groups is 1. The van der Waals surface area contributed by atoms with Gasteiger partial charge in [0.1, 0.15) is 5.82 Å². The summed E-state index contributed by atoms with van der Waals surface area (Å²) in [4.78, 5) is 13.2. The van der Waals surface area contributed by atoms with Crippen molar-refractivity contribution in [1.29, 1.82) is 0 Å². The van der Waals surface area contributed by atoms with E-state index in [1.807, 2.05) is 31.2 Å². The third kappa shape index (κ3) is 4.50. The van der Waals surface area contributed by atoms with Crippen LogP contribution in [0.25, 0.3) is 22.5 Å². The van der Waals surface area contributed by atoms with E-state index in [-0.39, 0.29) is 5.82 Å². The van der Waals surface area contributed by atoms with Crippen LogP contribution in [-0.2, 0) is 5.75 Å². The molecule has 0 saturated carbocycles. The minimum atomic E-state index is -0.276. The SMILES string of the molecule is Cc1cc(Cl)cc(CSc2nc(-c3ccc(F)cc3)c(-c3ccncc3)[nH]2)c1S. The Hall–Kier alpha value is -2.28. The molecule has 0 fully saturated rings. The van der Waals surface area contributed by atoms with Crippen molar-refractivity contribution in [2.24, 2.45) is 0 Å². The number of imidazole rings is 1. The van der Waals surface area contributed by atoms with Crippen molar-refractivity contribution < 1.29 is 4.39 Å². The molecule has 0 aliphatic carbocycles. The van der Waals surface area contributed by atoms with E-state index >= 15 is 0 Å². The minimum Gasteiger partial charge on any atom is -0.332 e. The Bertz CT molecular complexity index is 1140. The zero-order chi connectivity index (χ0) is 20.4. The van der Waals surface area contributed by atoms with Gasteiger partial charge >= 0.3 is 0 Å². The fourth-order valence-corrected chi connectivity index (χ4v) is 4.49. The number of nitrogens with one attached hydrogen (secondary N) is 1. The van der Waals surface area contributed by atoms with Crippen LogP contribution in [-0.4, -0.2) is 15.0 Å². The van der Waals surface area contributed by atoms with Crippen LogP contribution in [0.1, 0.15) is 11.1 Å². The van der Waals surface area contributed by atoms with Gasteiger partial charge in [0.05, 0.1) is 11.4 Å². The van der Waals surface area contributed by atoms with Gasteiger partial charge in [-0.05, 0) is 66.6 Å². The van der Waals surface area contributed by atoms with Crippen molar-refractivity contribution in [3.63, 3.8) is 0 Å². The number of aryl methyl sites for hydroxylation is 1. The van der Waals surface area contributed by atoms with Crippen molar-refractivity contribution >= 4 is 36.0 Å². The Morgan fingerprint density at radius 3 is 2.52 bits per heavy atom. The largest absolute Gasteiger partial charge is 0.332 e. The number of thiol groups is 1. The molecule has 2 heterocycles. The molecule has 0 spiro atoms. The molecule has 0 saturated heterocycles. The van der Waals surface area contributed by atoms with Gasteiger partial charge in [0.2, 0.25) is 0 Å². The Balaban J connectivity index is 1.69. The van der Waals surface area contributed by atoms with Gasteiger partial charge in [-0.15, -0.1) is 12.6 Å². The van der Waals surface area contributed by atoms with E-state index in [2.05, 4.69) is 22.6 Å². The minimum absolute atomic E-state index is 0.276. The number of aromatic nitrogens is 3. The van der Waals surface area contributed by atoms with Gasteiger partial charge in [-0.2, -0.15) is 0 Å². The summed E-state index contributed by atoms with van der Waals surface area (Å²) in [5.74, 6) is 0.397. The zero-order valence-electron chi connectivity index (χ0n) is 15.5. The topological polar surface area (TPSA) is 41.6 Å². The van der Waals surface area contributed by atoms with Gasteiger partial charge in [-0.25, -0.2) is 9.37 Å². The normalized spacial score (nSPS) is 11.0. The van der Waals surface area contributed by atoms with Crippen LogP contribution in [0.5, 0.6) is 0 Å². The summed E-state index contributed by atoms with van der Waals surface area (Å²) in [5.41, 5.74) is 5.54. The summed E-state index contributed by atoms with van der Waals surface area (Å²) in [5, 5.41) is 1.46. The molecule has 0 radical (unpaired) electrons. The lowest BCUT2D eigenvalue weighted by atomic mass is 10.1. The number of H-pyrrole nitrogens is 1. The molecule has 0 aliphatic heterocycles. The highest BCUT2D eigenvalue weighted by Gasteiger charge is 2.15. The molecule has 7 heteroatoms. The molecule has 146 valence electrons. The number of halogens is 2. The second kappa shape index (κ2) is 8.61. The number of hydrogen-bond acceptors (Lipinski definition) is 4. The lowest BCUT2D eigenvalue weighted by Crippen LogP contribution is -1.88. The molecule has 0 amide bonds. The summed E-state index contributed by atoms with van der Waals surface area (Å²) in [6.45, 7) is 1.99. The first-order valence-electron chi connectivity index (χ1n) is 8.88. The molecule has 4 aromatic rings. The highest BCUT2D eigenvalue weighted by molar-refractivity contribution is 7.98. The molecule has 0 unspecified atom stereocenters. The number of pyridine rings is 1. The van der Waals surface area contributed by atoms with Crippen molar-refractivity contribution in [3.05, 3.63) is 82.9 Å². The lowest BCUT2D eigenvalue weighted by molar-refractivity contribution is 0.628. The Labute approximate surface area is 183 Å². The molecular weight excluding hydrogens is 425 g/mol. The van der Waals surface area contributed by atoms with Crippen molar-refractivity contribution in [3.8, 4) is 22.5 Å². The van der Waals surface area contributed by atoms with E-state index < -0.39 is 0 Å². The maximum absolute atomic E-state index is 13.4. The van der Waals surface area contributed by atoms with E-state index in [0.717, 1.165) is 43.7 Å². The van der Waals surface area contributed by atoms with Gasteiger partial charge < -0.3 is 4.98 Å². The molecular formula is C22H17ClFN3S2. The van der Waals surface area contributed by atoms with E-state index in [9.17, 15) is 4.39 Å². The third-order valence-corrected chi connectivity index (χ3v) is 6.26. The van der Waals surface area contributed by atoms with Gasteiger partial charge in [0, 0.05) is 39.2 Å². The van der Waals surface area contributed by atoms with Crippen LogP contribution in [0.4, 0.5) is 4.39 Å². The monoisotopic (exact) mass is 441 g/mol. The Morgan fingerprint density at radius 2 is 1.79 bits per heavy atom. The van der Waals surface area contributed by atoms with Gasteiger partial charge in [-0.3, -0.25) is 4.98 Å². The van der Waals surface area contributed by atoms with Crippen molar-refractivity contribution in [1.82, 2.24) is 15.0 Å². The molecule has 0 aliphatic rings. The Morgan fingerprint density at radius 1 is 1.07 bits per heavy atom. The van der Waals surface area contributed by atoms with Crippen LogP contribution in [0.15, 0.2) is 71.0 Å². The molecule has 2 aromatic carbocycles. The average Bonchev–Trinajstić information content (AvgIpc) is 3.15. The quantitative estimate of drug-likeness (QED) is 0.263. The van der Waals surface area contributed by atoms with Gasteiger partial charge in [0.15, 0.2) is 5.16 Å². The first-order valence-corrected chi connectivity index (χ1v) is 10.7. The van der Waals surface area contributed by atoms with Gasteiger partial charge in [0.25, 0.3) is 0 Å². The van der Waals surface area contributed by atoms with Crippen molar-refractivity contribution in [2.45, 2.75) is 22.7 Å². The summed E-state index contributed by atoms with van der Waals surface area (Å²) in [7, 11) is 0. The molecule has 0 bridgehead atoms. The summed E-state index contributed by atoms with van der Waals surface area (Å²) in [6.07, 6.45) is 3.47. The number of nitrogens with zero attached hydrogens (tertiary/aromatic N) is 2.